The summed E-state index contributed by atoms with van der Waals surface area (Å²) in [6.45, 7) is 0. The minimum atomic E-state index is -0.234. The second kappa shape index (κ2) is 6.77. The Labute approximate surface area is 144 Å². The fourth-order valence-corrected chi connectivity index (χ4v) is 3.36. The van der Waals surface area contributed by atoms with Crippen LogP contribution in [0, 0.1) is 0 Å². The maximum absolute atomic E-state index is 12.4. The highest BCUT2D eigenvalue weighted by Gasteiger charge is 2.35. The summed E-state index contributed by atoms with van der Waals surface area (Å²) in [6.07, 6.45) is 3.46. The number of ether oxygens (including phenoxy) is 1. The molecule has 2 aromatic rings. The largest absolute Gasteiger partial charge is 0.494 e. The first kappa shape index (κ1) is 16.1. The van der Waals surface area contributed by atoms with Crippen LogP contribution in [0.2, 0.25) is 10.0 Å². The molecule has 1 aliphatic rings. The van der Waals surface area contributed by atoms with Gasteiger partial charge in [0.25, 0.3) is 5.91 Å². The Kier molecular flexibility index (Phi) is 4.74. The van der Waals surface area contributed by atoms with Crippen LogP contribution in [0.15, 0.2) is 36.5 Å². The number of nitrogens with one attached hydrogen (secondary N) is 1. The molecule has 1 aromatic carbocycles. The molecule has 4 nitrogen and oxygen atoms in total. The molecule has 2 atom stereocenters. The van der Waals surface area contributed by atoms with Crippen LogP contribution in [0.25, 0.3) is 0 Å². The van der Waals surface area contributed by atoms with Gasteiger partial charge in [-0.05, 0) is 42.7 Å². The van der Waals surface area contributed by atoms with Gasteiger partial charge in [0.1, 0.15) is 5.75 Å². The highest BCUT2D eigenvalue weighted by molar-refractivity contribution is 6.35. The molecule has 1 saturated carbocycles. The lowest BCUT2D eigenvalue weighted by Crippen LogP contribution is -2.45. The Morgan fingerprint density at radius 2 is 2.13 bits per heavy atom. The van der Waals surface area contributed by atoms with E-state index in [1.165, 1.54) is 7.11 Å². The average molecular weight is 351 g/mol. The van der Waals surface area contributed by atoms with Crippen LogP contribution >= 0.6 is 23.2 Å². The number of aromatic nitrogens is 1. The summed E-state index contributed by atoms with van der Waals surface area (Å²) in [7, 11) is 1.52. The molecule has 0 aliphatic heterocycles. The molecule has 0 radical (unpaired) electrons. The zero-order chi connectivity index (χ0) is 16.4. The Bertz CT molecular complexity index is 736. The number of methoxy groups -OCH3 is 1. The summed E-state index contributed by atoms with van der Waals surface area (Å²) in [5.74, 6) is 0.422. The molecular formula is C17H16Cl2N2O2. The Morgan fingerprint density at radius 1 is 1.30 bits per heavy atom. The van der Waals surface area contributed by atoms with Gasteiger partial charge < -0.3 is 10.1 Å². The Hall–Kier alpha value is -1.78. The summed E-state index contributed by atoms with van der Waals surface area (Å²) >= 11 is 12.2. The second-order valence-corrected chi connectivity index (χ2v) is 6.33. The maximum atomic E-state index is 12.4. The number of halogens is 2. The number of carbonyl (C=O) groups is 1. The normalized spacial score (nSPS) is 19.8. The van der Waals surface area contributed by atoms with Crippen molar-refractivity contribution < 1.29 is 9.53 Å². The van der Waals surface area contributed by atoms with Crippen molar-refractivity contribution in [1.82, 2.24) is 10.3 Å². The molecule has 1 amide bonds. The van der Waals surface area contributed by atoms with Gasteiger partial charge in [0.05, 0.1) is 7.11 Å². The number of nitrogens with zero attached hydrogens (tertiary/aromatic N) is 1. The zero-order valence-corrected chi connectivity index (χ0v) is 14.1. The van der Waals surface area contributed by atoms with Crippen molar-refractivity contribution in [2.75, 3.05) is 7.11 Å². The molecule has 6 heteroatoms. The molecule has 23 heavy (non-hydrogen) atoms. The second-order valence-electron chi connectivity index (χ2n) is 5.48. The third-order valence-electron chi connectivity index (χ3n) is 4.16. The van der Waals surface area contributed by atoms with Crippen molar-refractivity contribution in [2.24, 2.45) is 0 Å². The van der Waals surface area contributed by atoms with E-state index < -0.39 is 0 Å². The molecule has 0 unspecified atom stereocenters. The molecule has 1 N–H and O–H groups in total. The summed E-state index contributed by atoms with van der Waals surface area (Å²) in [6, 6.07) is 8.97. The fourth-order valence-electron chi connectivity index (χ4n) is 2.81. The van der Waals surface area contributed by atoms with Crippen LogP contribution in [0.3, 0.4) is 0 Å². The van der Waals surface area contributed by atoms with Crippen molar-refractivity contribution in [2.45, 2.75) is 24.8 Å². The summed E-state index contributed by atoms with van der Waals surface area (Å²) in [5, 5.41) is 4.27. The first-order chi connectivity index (χ1) is 11.1. The topological polar surface area (TPSA) is 51.2 Å². The van der Waals surface area contributed by atoms with Gasteiger partial charge in [-0.1, -0.05) is 29.3 Å². The minimum absolute atomic E-state index is 0.0351. The van der Waals surface area contributed by atoms with Crippen molar-refractivity contribution in [3.63, 3.8) is 0 Å². The van der Waals surface area contributed by atoms with Gasteiger partial charge in [0, 0.05) is 28.2 Å². The SMILES string of the molecule is COc1cccnc1C(=O)N[C@H]1CC[C@H]1c1ccc(Cl)cc1Cl. The predicted octanol–water partition coefficient (Wildman–Crippen LogP) is 4.07. The van der Waals surface area contributed by atoms with Gasteiger partial charge in [-0.25, -0.2) is 4.98 Å². The predicted molar refractivity (Wildman–Crippen MR) is 90.5 cm³/mol. The van der Waals surface area contributed by atoms with E-state index in [9.17, 15) is 4.79 Å². The molecule has 0 spiro atoms. The van der Waals surface area contributed by atoms with Crippen LogP contribution in [-0.2, 0) is 0 Å². The van der Waals surface area contributed by atoms with Crippen LogP contribution in [-0.4, -0.2) is 24.0 Å². The molecular weight excluding hydrogens is 335 g/mol. The molecule has 1 aromatic heterocycles. The van der Waals surface area contributed by atoms with E-state index in [1.807, 2.05) is 12.1 Å². The van der Waals surface area contributed by atoms with Crippen LogP contribution in [0.4, 0.5) is 0 Å². The molecule has 1 heterocycles. The molecule has 0 saturated heterocycles. The van der Waals surface area contributed by atoms with Crippen molar-refractivity contribution in [3.05, 3.63) is 57.8 Å². The summed E-state index contributed by atoms with van der Waals surface area (Å²) in [4.78, 5) is 16.5. The lowest BCUT2D eigenvalue weighted by molar-refractivity contribution is 0.0896. The van der Waals surface area contributed by atoms with E-state index in [0.29, 0.717) is 21.5 Å². The third-order valence-corrected chi connectivity index (χ3v) is 4.72. The van der Waals surface area contributed by atoms with E-state index >= 15 is 0 Å². The lowest BCUT2D eigenvalue weighted by atomic mass is 9.75. The average Bonchev–Trinajstić information content (AvgIpc) is 2.53. The summed E-state index contributed by atoms with van der Waals surface area (Å²) < 4.78 is 5.18. The standard InChI is InChI=1S/C17H16Cl2N2O2/c1-23-15-3-2-8-20-16(15)17(22)21-14-7-6-12(14)11-5-4-10(18)9-13(11)19/h2-5,8-9,12,14H,6-7H2,1H3,(H,21,22)/t12-,14-/m0/s1. The minimum Gasteiger partial charge on any atom is -0.494 e. The van der Waals surface area contributed by atoms with E-state index in [-0.39, 0.29) is 17.9 Å². The van der Waals surface area contributed by atoms with Gasteiger partial charge in [0.2, 0.25) is 0 Å². The molecule has 1 fully saturated rings. The van der Waals surface area contributed by atoms with E-state index in [4.69, 9.17) is 27.9 Å². The first-order valence-electron chi connectivity index (χ1n) is 7.35. The van der Waals surface area contributed by atoms with E-state index in [1.54, 1.807) is 24.4 Å². The Morgan fingerprint density at radius 3 is 2.78 bits per heavy atom. The fraction of sp³-hybridized carbons (Fsp3) is 0.294. The monoisotopic (exact) mass is 350 g/mol. The van der Waals surface area contributed by atoms with Gasteiger partial charge in [-0.15, -0.1) is 0 Å². The highest BCUT2D eigenvalue weighted by Crippen LogP contribution is 2.41. The van der Waals surface area contributed by atoms with Crippen molar-refractivity contribution in [3.8, 4) is 5.75 Å². The van der Waals surface area contributed by atoms with Crippen LogP contribution in [0.5, 0.6) is 5.75 Å². The van der Waals surface area contributed by atoms with Crippen molar-refractivity contribution in [1.29, 1.82) is 0 Å². The number of rotatable bonds is 4. The third kappa shape index (κ3) is 3.28. The molecule has 3 rings (SSSR count). The number of hydrogen-bond donors (Lipinski definition) is 1. The maximum Gasteiger partial charge on any atom is 0.273 e. The lowest BCUT2D eigenvalue weighted by Gasteiger charge is -2.38. The van der Waals surface area contributed by atoms with Gasteiger partial charge >= 0.3 is 0 Å². The molecule has 0 bridgehead atoms. The molecule has 1 aliphatic carbocycles. The molecule has 120 valence electrons. The number of amides is 1. The van der Waals surface area contributed by atoms with Gasteiger partial charge in [-0.2, -0.15) is 0 Å². The number of benzene rings is 1. The number of carbonyl (C=O) groups excluding carboxylic acids is 1. The van der Waals surface area contributed by atoms with Crippen LogP contribution < -0.4 is 10.1 Å². The smallest absolute Gasteiger partial charge is 0.273 e. The van der Waals surface area contributed by atoms with E-state index in [2.05, 4.69) is 10.3 Å². The quantitative estimate of drug-likeness (QED) is 0.903. The highest BCUT2D eigenvalue weighted by atomic mass is 35.5. The van der Waals surface area contributed by atoms with Gasteiger partial charge in [-0.3, -0.25) is 4.79 Å². The van der Waals surface area contributed by atoms with E-state index in [0.717, 1.165) is 18.4 Å². The first-order valence-corrected chi connectivity index (χ1v) is 8.10. The number of hydrogen-bond acceptors (Lipinski definition) is 3. The summed E-state index contributed by atoms with van der Waals surface area (Å²) in [5.41, 5.74) is 1.31. The van der Waals surface area contributed by atoms with Crippen LogP contribution in [0.1, 0.15) is 34.8 Å². The van der Waals surface area contributed by atoms with Crippen molar-refractivity contribution >= 4 is 29.1 Å². The number of pyridine rings is 1. The Balaban J connectivity index is 1.74. The zero-order valence-electron chi connectivity index (χ0n) is 12.6. The van der Waals surface area contributed by atoms with Gasteiger partial charge in [0.15, 0.2) is 5.69 Å².